The van der Waals surface area contributed by atoms with Crippen molar-refractivity contribution in [2.45, 2.75) is 39.3 Å². The van der Waals surface area contributed by atoms with Gasteiger partial charge in [-0.25, -0.2) is 4.98 Å². The Morgan fingerprint density at radius 2 is 2.06 bits per heavy atom. The summed E-state index contributed by atoms with van der Waals surface area (Å²) in [4.78, 5) is 5.59. The molecule has 1 fully saturated rings. The van der Waals surface area contributed by atoms with Crippen molar-refractivity contribution < 1.29 is 0 Å². The minimum atomic E-state index is 0.717. The summed E-state index contributed by atoms with van der Waals surface area (Å²) < 4.78 is 0. The van der Waals surface area contributed by atoms with E-state index in [4.69, 9.17) is 0 Å². The van der Waals surface area contributed by atoms with Crippen LogP contribution in [0, 0.1) is 13.8 Å². The molecule has 0 saturated heterocycles. The van der Waals surface area contributed by atoms with E-state index in [9.17, 15) is 0 Å². The summed E-state index contributed by atoms with van der Waals surface area (Å²) in [5, 5.41) is 15.1. The number of aryl methyl sites for hydroxylation is 2. The molecule has 0 aliphatic heterocycles. The van der Waals surface area contributed by atoms with Crippen molar-refractivity contribution >= 4 is 22.7 Å². The molecule has 1 N–H and O–H groups in total. The minimum Gasteiger partial charge on any atom is -0.308 e. The van der Waals surface area contributed by atoms with Gasteiger partial charge >= 0.3 is 0 Å². The van der Waals surface area contributed by atoms with Crippen LogP contribution in [-0.4, -0.2) is 21.2 Å². The molecular formula is C11H14N4S2. The summed E-state index contributed by atoms with van der Waals surface area (Å²) in [5.74, 6) is 0. The Labute approximate surface area is 108 Å². The topological polar surface area (TPSA) is 50.7 Å². The molecule has 6 heteroatoms. The van der Waals surface area contributed by atoms with Crippen LogP contribution in [0.15, 0.2) is 0 Å². The van der Waals surface area contributed by atoms with Gasteiger partial charge in [0.05, 0.1) is 15.6 Å². The first-order valence-corrected chi connectivity index (χ1v) is 7.36. The lowest BCUT2D eigenvalue weighted by Crippen LogP contribution is -2.14. The monoisotopic (exact) mass is 266 g/mol. The Morgan fingerprint density at radius 3 is 2.71 bits per heavy atom. The van der Waals surface area contributed by atoms with E-state index in [1.54, 1.807) is 22.7 Å². The highest BCUT2D eigenvalue weighted by Gasteiger charge is 2.21. The Morgan fingerprint density at radius 1 is 1.24 bits per heavy atom. The van der Waals surface area contributed by atoms with Gasteiger partial charge in [0.2, 0.25) is 0 Å². The lowest BCUT2D eigenvalue weighted by molar-refractivity contribution is 0.679. The molecule has 2 aromatic rings. The number of nitrogens with zero attached hydrogens (tertiary/aromatic N) is 3. The van der Waals surface area contributed by atoms with Gasteiger partial charge in [-0.1, -0.05) is 11.3 Å². The van der Waals surface area contributed by atoms with Crippen molar-refractivity contribution in [2.24, 2.45) is 0 Å². The number of aromatic nitrogens is 3. The standard InChI is InChI=1S/C11H14N4S2/c1-6-10(16-7(2)13-6)11-15-14-9(17-11)5-12-8-3-4-8/h8,12H,3-5H2,1-2H3. The maximum absolute atomic E-state index is 4.42. The third-order valence-corrected chi connectivity index (χ3v) is 4.83. The summed E-state index contributed by atoms with van der Waals surface area (Å²) in [7, 11) is 0. The smallest absolute Gasteiger partial charge is 0.159 e. The minimum absolute atomic E-state index is 0.717. The molecule has 0 aromatic carbocycles. The lowest BCUT2D eigenvalue weighted by Gasteiger charge is -1.95. The molecule has 0 atom stereocenters. The van der Waals surface area contributed by atoms with Crippen molar-refractivity contribution in [1.82, 2.24) is 20.5 Å². The SMILES string of the molecule is Cc1nc(C)c(-c2nnc(CNC3CC3)s2)s1. The molecule has 0 amide bonds. The van der Waals surface area contributed by atoms with Crippen LogP contribution >= 0.6 is 22.7 Å². The normalized spacial score (nSPS) is 15.4. The van der Waals surface area contributed by atoms with Gasteiger partial charge in [-0.3, -0.25) is 0 Å². The molecule has 1 saturated carbocycles. The second kappa shape index (κ2) is 4.44. The van der Waals surface area contributed by atoms with Crippen LogP contribution in [0.4, 0.5) is 0 Å². The molecule has 0 radical (unpaired) electrons. The van der Waals surface area contributed by atoms with E-state index >= 15 is 0 Å². The third kappa shape index (κ3) is 2.53. The van der Waals surface area contributed by atoms with Crippen LogP contribution < -0.4 is 5.32 Å². The Balaban J connectivity index is 1.76. The molecule has 4 nitrogen and oxygen atoms in total. The van der Waals surface area contributed by atoms with Crippen molar-refractivity contribution in [2.75, 3.05) is 0 Å². The van der Waals surface area contributed by atoms with Gasteiger partial charge in [0.15, 0.2) is 5.01 Å². The fraction of sp³-hybridized carbons (Fsp3) is 0.545. The van der Waals surface area contributed by atoms with E-state index in [0.717, 1.165) is 38.2 Å². The average Bonchev–Trinajstić information content (AvgIpc) is 2.90. The maximum atomic E-state index is 4.42. The fourth-order valence-corrected chi connectivity index (χ4v) is 3.50. The molecule has 90 valence electrons. The van der Waals surface area contributed by atoms with Crippen LogP contribution in [0.3, 0.4) is 0 Å². The molecule has 0 unspecified atom stereocenters. The Kier molecular flexibility index (Phi) is 2.94. The summed E-state index contributed by atoms with van der Waals surface area (Å²) in [5.41, 5.74) is 1.06. The van der Waals surface area contributed by atoms with Gasteiger partial charge in [-0.15, -0.1) is 21.5 Å². The molecule has 0 spiro atoms. The first-order chi connectivity index (χ1) is 8.22. The van der Waals surface area contributed by atoms with Gasteiger partial charge in [0, 0.05) is 12.6 Å². The first kappa shape index (κ1) is 11.3. The summed E-state index contributed by atoms with van der Waals surface area (Å²) in [6.07, 6.45) is 2.61. The quantitative estimate of drug-likeness (QED) is 0.924. The van der Waals surface area contributed by atoms with E-state index < -0.39 is 0 Å². The van der Waals surface area contributed by atoms with Crippen molar-refractivity contribution in [3.63, 3.8) is 0 Å². The van der Waals surface area contributed by atoms with Crippen molar-refractivity contribution in [3.8, 4) is 9.88 Å². The summed E-state index contributed by atoms with van der Waals surface area (Å²) in [6.45, 7) is 4.90. The van der Waals surface area contributed by atoms with E-state index in [2.05, 4.69) is 20.5 Å². The fourth-order valence-electron chi connectivity index (χ4n) is 1.67. The maximum Gasteiger partial charge on any atom is 0.159 e. The van der Waals surface area contributed by atoms with E-state index in [0.29, 0.717) is 0 Å². The van der Waals surface area contributed by atoms with Crippen molar-refractivity contribution in [3.05, 3.63) is 15.7 Å². The first-order valence-electron chi connectivity index (χ1n) is 5.72. The van der Waals surface area contributed by atoms with Gasteiger partial charge in [0.25, 0.3) is 0 Å². The number of rotatable bonds is 4. The molecule has 3 rings (SSSR count). The van der Waals surface area contributed by atoms with E-state index in [1.807, 2.05) is 13.8 Å². The highest BCUT2D eigenvalue weighted by Crippen LogP contribution is 2.32. The molecule has 0 bridgehead atoms. The predicted octanol–water partition coefficient (Wildman–Crippen LogP) is 2.53. The third-order valence-electron chi connectivity index (χ3n) is 2.68. The second-order valence-corrected chi connectivity index (χ2v) is 6.57. The van der Waals surface area contributed by atoms with Crippen LogP contribution in [-0.2, 0) is 6.54 Å². The largest absolute Gasteiger partial charge is 0.308 e. The second-order valence-electron chi connectivity index (χ2n) is 4.30. The molecular weight excluding hydrogens is 252 g/mol. The van der Waals surface area contributed by atoms with Crippen molar-refractivity contribution in [1.29, 1.82) is 0 Å². The average molecular weight is 266 g/mol. The van der Waals surface area contributed by atoms with Crippen LogP contribution in [0.2, 0.25) is 0 Å². The van der Waals surface area contributed by atoms with Crippen LogP contribution in [0.5, 0.6) is 0 Å². The number of hydrogen-bond acceptors (Lipinski definition) is 6. The summed E-state index contributed by atoms with van der Waals surface area (Å²) >= 11 is 3.36. The molecule has 2 aromatic heterocycles. The predicted molar refractivity (Wildman–Crippen MR) is 70.4 cm³/mol. The Bertz CT molecular complexity index is 527. The molecule has 1 aliphatic carbocycles. The van der Waals surface area contributed by atoms with Gasteiger partial charge < -0.3 is 5.32 Å². The lowest BCUT2D eigenvalue weighted by atomic mass is 10.4. The number of thiazole rings is 1. The Hall–Kier alpha value is -0.850. The summed E-state index contributed by atoms with van der Waals surface area (Å²) in [6, 6.07) is 0.717. The number of hydrogen-bond donors (Lipinski definition) is 1. The van der Waals surface area contributed by atoms with E-state index in [1.165, 1.54) is 12.8 Å². The zero-order valence-corrected chi connectivity index (χ0v) is 11.5. The van der Waals surface area contributed by atoms with E-state index in [-0.39, 0.29) is 0 Å². The van der Waals surface area contributed by atoms with Crippen LogP contribution in [0.25, 0.3) is 9.88 Å². The zero-order chi connectivity index (χ0) is 11.8. The van der Waals surface area contributed by atoms with Gasteiger partial charge in [0.1, 0.15) is 5.01 Å². The highest BCUT2D eigenvalue weighted by molar-refractivity contribution is 7.21. The highest BCUT2D eigenvalue weighted by atomic mass is 32.1. The zero-order valence-electron chi connectivity index (χ0n) is 9.86. The number of nitrogens with one attached hydrogen (secondary N) is 1. The van der Waals surface area contributed by atoms with Crippen LogP contribution in [0.1, 0.15) is 28.6 Å². The molecule has 17 heavy (non-hydrogen) atoms. The molecule has 1 aliphatic rings. The molecule has 2 heterocycles. The van der Waals surface area contributed by atoms with Gasteiger partial charge in [-0.05, 0) is 26.7 Å². The van der Waals surface area contributed by atoms with Gasteiger partial charge in [-0.2, -0.15) is 0 Å².